The Morgan fingerprint density at radius 1 is 1.00 bits per heavy atom. The van der Waals surface area contributed by atoms with Crippen molar-refractivity contribution >= 4 is 20.0 Å². The third-order valence-electron chi connectivity index (χ3n) is 1.67. The molecule has 0 spiro atoms. The molecule has 7 nitrogen and oxygen atoms in total. The molecule has 0 radical (unpaired) electrons. The van der Waals surface area contributed by atoms with Gasteiger partial charge in [0, 0.05) is 0 Å². The quantitative estimate of drug-likeness (QED) is 0.588. The first-order valence-electron chi connectivity index (χ1n) is 4.92. The van der Waals surface area contributed by atoms with Crippen LogP contribution < -0.4 is 4.57 Å². The van der Waals surface area contributed by atoms with Crippen LogP contribution in [0, 0.1) is 0 Å². The van der Waals surface area contributed by atoms with E-state index in [-0.39, 0.29) is 0 Å². The van der Waals surface area contributed by atoms with E-state index in [0.717, 1.165) is 10.7 Å². The van der Waals surface area contributed by atoms with Crippen LogP contribution in [0.25, 0.3) is 4.13 Å². The fourth-order valence-corrected chi connectivity index (χ4v) is 2.36. The van der Waals surface area contributed by atoms with Crippen molar-refractivity contribution in [3.63, 3.8) is 0 Å². The molecule has 0 bridgehead atoms. The minimum Gasteiger partial charge on any atom is -0.421 e. The molecule has 0 aliphatic carbocycles. The molecule has 0 aliphatic rings. The second-order valence-electron chi connectivity index (χ2n) is 3.27. The second kappa shape index (κ2) is 6.82. The molecule has 1 aromatic heterocycles. The van der Waals surface area contributed by atoms with Gasteiger partial charge in [-0.1, -0.05) is 0 Å². The van der Waals surface area contributed by atoms with Gasteiger partial charge in [-0.15, -0.1) is 0 Å². The second-order valence-corrected chi connectivity index (χ2v) is 6.70. The van der Waals surface area contributed by atoms with Crippen LogP contribution in [0.2, 0.25) is 0 Å². The number of nitrogens with zero attached hydrogens (tertiary/aromatic N) is 2. The summed E-state index contributed by atoms with van der Waals surface area (Å²) in [5.74, 6) is 0. The van der Waals surface area contributed by atoms with Gasteiger partial charge in [-0.3, -0.25) is 0 Å². The third kappa shape index (κ3) is 5.80. The Kier molecular flexibility index (Phi) is 6.40. The molecule has 15 heteroatoms. The molecule has 0 fully saturated rings. The fourth-order valence-electron chi connectivity index (χ4n) is 0.655. The number of oxazole rings is 1. The minimum atomic E-state index is -6.72. The van der Waals surface area contributed by atoms with Crippen LogP contribution in [0.3, 0.4) is 0 Å². The maximum atomic E-state index is 11.4. The smallest absolute Gasteiger partial charge is 0.421 e. The Labute approximate surface area is 120 Å². The van der Waals surface area contributed by atoms with Crippen molar-refractivity contribution in [2.24, 2.45) is 0 Å². The molecule has 0 atom stereocenters. The zero-order chi connectivity index (χ0) is 17.8. The first-order chi connectivity index (χ1) is 9.64. The molecule has 130 valence electrons. The normalized spacial score (nSPS) is 13.4. The highest BCUT2D eigenvalue weighted by Crippen LogP contribution is 2.36. The van der Waals surface area contributed by atoms with Crippen molar-refractivity contribution in [2.45, 2.75) is 24.5 Å². The molecule has 0 aromatic carbocycles. The molecule has 0 amide bonds. The molecule has 0 unspecified atom stereocenters. The van der Waals surface area contributed by atoms with E-state index in [0.29, 0.717) is 0 Å². The summed E-state index contributed by atoms with van der Waals surface area (Å²) in [5.41, 5.74) is -12.4. The van der Waals surface area contributed by atoms with Gasteiger partial charge in [0.2, 0.25) is 6.20 Å². The number of hydrogen-bond donors (Lipinski definition) is 0. The number of hydrogen-bond acceptors (Lipinski definition) is 5. The summed E-state index contributed by atoms with van der Waals surface area (Å²) in [6.07, 6.45) is 5.23. The van der Waals surface area contributed by atoms with Crippen molar-refractivity contribution in [1.82, 2.24) is 0 Å². The van der Waals surface area contributed by atoms with Crippen LogP contribution >= 0.6 is 0 Å². The maximum absolute atomic E-state index is 11.4. The summed E-state index contributed by atoms with van der Waals surface area (Å²) < 4.78 is 116. The lowest BCUT2D eigenvalue weighted by atomic mass is 10.7. The average Bonchev–Trinajstić information content (AvgIpc) is 2.77. The van der Waals surface area contributed by atoms with Gasteiger partial charge < -0.3 is 8.54 Å². The number of aryl methyl sites for hydroxylation is 1. The van der Waals surface area contributed by atoms with E-state index in [1.807, 2.05) is 10.8 Å². The van der Waals surface area contributed by atoms with Crippen molar-refractivity contribution in [3.8, 4) is 0 Å². The third-order valence-corrected chi connectivity index (χ3v) is 4.41. The van der Waals surface area contributed by atoms with Crippen LogP contribution in [-0.2, 0) is 26.6 Å². The van der Waals surface area contributed by atoms with Gasteiger partial charge in [0.25, 0.3) is 0 Å². The Morgan fingerprint density at radius 3 is 1.59 bits per heavy atom. The predicted molar refractivity (Wildman–Crippen MR) is 57.9 cm³/mol. The van der Waals surface area contributed by atoms with Crippen LogP contribution in [0.5, 0.6) is 0 Å². The summed E-state index contributed by atoms with van der Waals surface area (Å²) in [6.45, 7) is 3.05. The Bertz CT molecular complexity index is 619. The summed E-state index contributed by atoms with van der Waals surface area (Å²) in [7, 11) is -13.4. The van der Waals surface area contributed by atoms with Crippen molar-refractivity contribution in [3.05, 3.63) is 23.0 Å². The lowest BCUT2D eigenvalue weighted by Gasteiger charge is -2.22. The van der Waals surface area contributed by atoms with Gasteiger partial charge in [0.15, 0.2) is 26.3 Å². The molecule has 0 saturated carbocycles. The predicted octanol–water partition coefficient (Wildman–Crippen LogP) is 1.65. The van der Waals surface area contributed by atoms with E-state index in [2.05, 4.69) is 6.92 Å². The molecule has 1 heterocycles. The van der Waals surface area contributed by atoms with E-state index in [1.165, 1.54) is 0 Å². The first-order valence-corrected chi connectivity index (χ1v) is 7.80. The average molecular weight is 378 g/mol. The van der Waals surface area contributed by atoms with Gasteiger partial charge in [0.05, 0.1) is 0 Å². The summed E-state index contributed by atoms with van der Waals surface area (Å²) >= 11 is 0. The molecule has 0 N–H and O–H groups in total. The first kappa shape index (κ1) is 20.6. The number of sulfonamides is 2. The molecule has 1 aromatic rings. The topological polar surface area (TPSA) is 99.4 Å². The Balaban J connectivity index is 0.000000518. The van der Waals surface area contributed by atoms with E-state index >= 15 is 0 Å². The van der Waals surface area contributed by atoms with E-state index < -0.39 is 31.1 Å². The summed E-state index contributed by atoms with van der Waals surface area (Å²) in [4.78, 5) is 0. The number of aromatic nitrogens is 1. The van der Waals surface area contributed by atoms with E-state index in [1.54, 1.807) is 12.7 Å². The van der Waals surface area contributed by atoms with Crippen LogP contribution in [0.15, 0.2) is 23.3 Å². The number of rotatable bonds is 3. The van der Waals surface area contributed by atoms with Crippen molar-refractivity contribution < 1.29 is 52.2 Å². The van der Waals surface area contributed by atoms with Gasteiger partial charge in [-0.2, -0.15) is 30.9 Å². The molecular formula is C7H8F6N2O5S2. The molecule has 0 saturated heterocycles. The van der Waals surface area contributed by atoms with Gasteiger partial charge in [-0.25, -0.2) is 16.8 Å². The van der Waals surface area contributed by atoms with Crippen LogP contribution in [0.1, 0.15) is 6.92 Å². The van der Waals surface area contributed by atoms with Gasteiger partial charge in [-0.05, 0) is 6.92 Å². The lowest BCUT2D eigenvalue weighted by molar-refractivity contribution is -0.696. The highest BCUT2D eigenvalue weighted by molar-refractivity contribution is 8.13. The number of halogens is 6. The molecule has 0 aliphatic heterocycles. The minimum absolute atomic E-state index is 0.778. The van der Waals surface area contributed by atoms with Gasteiger partial charge >= 0.3 is 17.4 Å². The molecule has 1 rings (SSSR count). The SMILES string of the molecule is CC[n+]1ccoc1.O=S(=O)([N-]S(=O)(=O)C(F)(F)F)C(F)(F)F. The van der Waals surface area contributed by atoms with Crippen molar-refractivity contribution in [1.29, 1.82) is 0 Å². The maximum Gasteiger partial charge on any atom is 0.480 e. The summed E-state index contributed by atoms with van der Waals surface area (Å²) in [5, 5.41) is 0. The Morgan fingerprint density at radius 2 is 1.41 bits per heavy atom. The Hall–Kier alpha value is -1.35. The van der Waals surface area contributed by atoms with Crippen LogP contribution in [-0.4, -0.2) is 27.9 Å². The largest absolute Gasteiger partial charge is 0.480 e. The lowest BCUT2D eigenvalue weighted by Crippen LogP contribution is -2.30. The van der Waals surface area contributed by atoms with Crippen molar-refractivity contribution in [2.75, 3.05) is 0 Å². The fraction of sp³-hybridized carbons (Fsp3) is 0.571. The monoisotopic (exact) mass is 378 g/mol. The van der Waals surface area contributed by atoms with Gasteiger partial charge in [0.1, 0.15) is 6.54 Å². The van der Waals surface area contributed by atoms with E-state index in [9.17, 15) is 43.2 Å². The molecular weight excluding hydrogens is 370 g/mol. The van der Waals surface area contributed by atoms with E-state index in [4.69, 9.17) is 4.42 Å². The highest BCUT2D eigenvalue weighted by atomic mass is 32.3. The zero-order valence-electron chi connectivity index (χ0n) is 10.5. The van der Waals surface area contributed by atoms with Crippen LogP contribution in [0.4, 0.5) is 26.3 Å². The number of alkyl halides is 6. The standard InChI is InChI=1S/C5H8NO.C2F6NO4S2/c1-2-6-3-4-7-5-6;3-1(4,5)14(10,11)9-15(12,13)2(6,7)8/h3-5H,2H2,1H3;/q+1;-1. The summed E-state index contributed by atoms with van der Waals surface area (Å²) in [6, 6.07) is 0. The molecule has 22 heavy (non-hydrogen) atoms. The zero-order valence-corrected chi connectivity index (χ0v) is 12.1. The highest BCUT2D eigenvalue weighted by Gasteiger charge is 2.46.